The zero-order valence-electron chi connectivity index (χ0n) is 10.4. The van der Waals surface area contributed by atoms with E-state index in [9.17, 15) is 9.59 Å². The first-order valence-electron chi connectivity index (χ1n) is 5.27. The van der Waals surface area contributed by atoms with E-state index in [2.05, 4.69) is 6.58 Å². The monoisotopic (exact) mass is 242 g/mol. The van der Waals surface area contributed by atoms with Crippen molar-refractivity contribution in [2.24, 2.45) is 0 Å². The Kier molecular flexibility index (Phi) is 6.89. The molecule has 0 aromatic carbocycles. The Morgan fingerprint density at radius 2 is 1.82 bits per heavy atom. The summed E-state index contributed by atoms with van der Waals surface area (Å²) in [7, 11) is 0. The van der Waals surface area contributed by atoms with Gasteiger partial charge < -0.3 is 14.6 Å². The van der Waals surface area contributed by atoms with Gasteiger partial charge in [-0.25, -0.2) is 9.59 Å². The number of hydrogen-bond donors (Lipinski definition) is 1. The van der Waals surface area contributed by atoms with E-state index in [4.69, 9.17) is 14.6 Å². The van der Waals surface area contributed by atoms with Gasteiger partial charge in [-0.1, -0.05) is 13.5 Å². The molecule has 0 aliphatic carbocycles. The van der Waals surface area contributed by atoms with Crippen LogP contribution in [0.15, 0.2) is 23.8 Å². The molecule has 0 aromatic rings. The minimum absolute atomic E-state index is 0.238. The molecule has 0 saturated carbocycles. The SMILES string of the molecule is C=C(C)C(=O)OC(CC)OC(=O)/C(C)=C/CO. The molecule has 5 nitrogen and oxygen atoms in total. The largest absolute Gasteiger partial charge is 0.422 e. The number of hydrogen-bond acceptors (Lipinski definition) is 5. The third-order valence-electron chi connectivity index (χ3n) is 1.88. The summed E-state index contributed by atoms with van der Waals surface area (Å²) >= 11 is 0. The summed E-state index contributed by atoms with van der Waals surface area (Å²) in [4.78, 5) is 22.7. The molecule has 0 saturated heterocycles. The maximum atomic E-state index is 11.4. The standard InChI is InChI=1S/C12H18O5/c1-5-10(16-11(14)8(2)3)17-12(15)9(4)6-7-13/h6,10,13H,2,5,7H2,1,3-4H3/b9-6+. The number of carbonyl (C=O) groups excluding carboxylic acids is 2. The van der Waals surface area contributed by atoms with Crippen LogP contribution < -0.4 is 0 Å². The van der Waals surface area contributed by atoms with E-state index in [0.29, 0.717) is 6.42 Å². The molecule has 0 bridgehead atoms. The highest BCUT2D eigenvalue weighted by Gasteiger charge is 2.18. The fourth-order valence-electron chi connectivity index (χ4n) is 0.843. The van der Waals surface area contributed by atoms with Crippen molar-refractivity contribution in [2.45, 2.75) is 33.5 Å². The van der Waals surface area contributed by atoms with E-state index >= 15 is 0 Å². The van der Waals surface area contributed by atoms with E-state index in [1.807, 2.05) is 0 Å². The van der Waals surface area contributed by atoms with Crippen molar-refractivity contribution in [3.05, 3.63) is 23.8 Å². The molecular weight excluding hydrogens is 224 g/mol. The molecular formula is C12H18O5. The smallest absolute Gasteiger partial charge is 0.336 e. The minimum atomic E-state index is -0.936. The van der Waals surface area contributed by atoms with Crippen LogP contribution >= 0.6 is 0 Å². The normalized spacial score (nSPS) is 12.8. The summed E-state index contributed by atoms with van der Waals surface area (Å²) in [5, 5.41) is 8.61. The van der Waals surface area contributed by atoms with Crippen molar-refractivity contribution in [1.82, 2.24) is 0 Å². The van der Waals surface area contributed by atoms with Gasteiger partial charge in [0, 0.05) is 17.6 Å². The van der Waals surface area contributed by atoms with Crippen LogP contribution in [-0.4, -0.2) is 29.9 Å². The zero-order chi connectivity index (χ0) is 13.4. The van der Waals surface area contributed by atoms with Gasteiger partial charge in [0.15, 0.2) is 0 Å². The molecule has 0 heterocycles. The van der Waals surface area contributed by atoms with Gasteiger partial charge in [0.05, 0.1) is 6.61 Å². The quantitative estimate of drug-likeness (QED) is 0.432. The highest BCUT2D eigenvalue weighted by Crippen LogP contribution is 2.07. The van der Waals surface area contributed by atoms with Crippen LogP contribution in [-0.2, 0) is 19.1 Å². The van der Waals surface area contributed by atoms with E-state index < -0.39 is 18.2 Å². The number of aliphatic hydroxyl groups is 1. The first-order chi connectivity index (χ1) is 7.92. The van der Waals surface area contributed by atoms with Gasteiger partial charge in [0.25, 0.3) is 0 Å². The van der Waals surface area contributed by atoms with Gasteiger partial charge in [-0.2, -0.15) is 0 Å². The Morgan fingerprint density at radius 3 is 2.24 bits per heavy atom. The van der Waals surface area contributed by atoms with Gasteiger partial charge in [-0.15, -0.1) is 0 Å². The van der Waals surface area contributed by atoms with Crippen LogP contribution in [0.25, 0.3) is 0 Å². The van der Waals surface area contributed by atoms with Crippen molar-refractivity contribution in [2.75, 3.05) is 6.61 Å². The molecule has 1 N–H and O–H groups in total. The number of ether oxygens (including phenoxy) is 2. The summed E-state index contributed by atoms with van der Waals surface area (Å²) in [5.41, 5.74) is 0.499. The van der Waals surface area contributed by atoms with Crippen LogP contribution in [0.4, 0.5) is 0 Å². The van der Waals surface area contributed by atoms with Crippen LogP contribution in [0.3, 0.4) is 0 Å². The molecule has 0 spiro atoms. The Bertz CT molecular complexity index is 330. The van der Waals surface area contributed by atoms with Crippen molar-refractivity contribution < 1.29 is 24.2 Å². The third-order valence-corrected chi connectivity index (χ3v) is 1.88. The molecule has 1 unspecified atom stereocenters. The average Bonchev–Trinajstić information content (AvgIpc) is 2.27. The molecule has 0 radical (unpaired) electrons. The lowest BCUT2D eigenvalue weighted by atomic mass is 10.3. The second kappa shape index (κ2) is 7.62. The van der Waals surface area contributed by atoms with Crippen molar-refractivity contribution >= 4 is 11.9 Å². The molecule has 0 amide bonds. The molecule has 17 heavy (non-hydrogen) atoms. The van der Waals surface area contributed by atoms with Gasteiger partial charge in [0.1, 0.15) is 0 Å². The van der Waals surface area contributed by atoms with E-state index in [0.717, 1.165) is 0 Å². The Morgan fingerprint density at radius 1 is 1.29 bits per heavy atom. The number of esters is 2. The van der Waals surface area contributed by atoms with Crippen molar-refractivity contribution in [1.29, 1.82) is 0 Å². The molecule has 1 atom stereocenters. The van der Waals surface area contributed by atoms with Crippen LogP contribution in [0.2, 0.25) is 0 Å². The van der Waals surface area contributed by atoms with E-state index in [-0.39, 0.29) is 17.8 Å². The van der Waals surface area contributed by atoms with Gasteiger partial charge in [-0.05, 0) is 19.9 Å². The highest BCUT2D eigenvalue weighted by atomic mass is 16.7. The first kappa shape index (κ1) is 15.4. The maximum absolute atomic E-state index is 11.4. The Balaban J connectivity index is 4.41. The second-order valence-corrected chi connectivity index (χ2v) is 3.50. The van der Waals surface area contributed by atoms with Gasteiger partial charge in [0.2, 0.25) is 6.29 Å². The predicted octanol–water partition coefficient (Wildman–Crippen LogP) is 1.32. The van der Waals surface area contributed by atoms with Gasteiger partial charge in [-0.3, -0.25) is 0 Å². The fourth-order valence-corrected chi connectivity index (χ4v) is 0.843. The summed E-state index contributed by atoms with van der Waals surface area (Å²) < 4.78 is 9.82. The third kappa shape index (κ3) is 5.87. The molecule has 96 valence electrons. The molecule has 0 rings (SSSR count). The van der Waals surface area contributed by atoms with E-state index in [1.165, 1.54) is 19.9 Å². The Labute approximate surface area is 101 Å². The first-order valence-corrected chi connectivity index (χ1v) is 5.27. The molecule has 0 aliphatic heterocycles. The zero-order valence-corrected chi connectivity index (χ0v) is 10.4. The fraction of sp³-hybridized carbons (Fsp3) is 0.500. The average molecular weight is 242 g/mol. The number of rotatable bonds is 6. The topological polar surface area (TPSA) is 72.8 Å². The highest BCUT2D eigenvalue weighted by molar-refractivity contribution is 5.89. The second-order valence-electron chi connectivity index (χ2n) is 3.50. The lowest BCUT2D eigenvalue weighted by Crippen LogP contribution is -2.24. The van der Waals surface area contributed by atoms with Crippen molar-refractivity contribution in [3.8, 4) is 0 Å². The van der Waals surface area contributed by atoms with E-state index in [1.54, 1.807) is 6.92 Å². The molecule has 5 heteroatoms. The van der Waals surface area contributed by atoms with Crippen LogP contribution in [0.5, 0.6) is 0 Å². The molecule has 0 fully saturated rings. The summed E-state index contributed by atoms with van der Waals surface area (Å²) in [6, 6.07) is 0. The lowest BCUT2D eigenvalue weighted by Gasteiger charge is -2.16. The number of carbonyl (C=O) groups is 2. The molecule has 0 aromatic heterocycles. The lowest BCUT2D eigenvalue weighted by molar-refractivity contribution is -0.182. The minimum Gasteiger partial charge on any atom is -0.422 e. The van der Waals surface area contributed by atoms with Crippen LogP contribution in [0, 0.1) is 0 Å². The Hall–Kier alpha value is -1.62. The maximum Gasteiger partial charge on any atom is 0.336 e. The molecule has 0 aliphatic rings. The van der Waals surface area contributed by atoms with Crippen LogP contribution in [0.1, 0.15) is 27.2 Å². The predicted molar refractivity (Wildman–Crippen MR) is 61.9 cm³/mol. The van der Waals surface area contributed by atoms with Crippen molar-refractivity contribution in [3.63, 3.8) is 0 Å². The number of aliphatic hydroxyl groups excluding tert-OH is 1. The summed E-state index contributed by atoms with van der Waals surface area (Å²) in [6.45, 7) is 7.91. The van der Waals surface area contributed by atoms with Gasteiger partial charge >= 0.3 is 11.9 Å². The summed E-state index contributed by atoms with van der Waals surface area (Å²) in [6.07, 6.45) is 0.723. The summed E-state index contributed by atoms with van der Waals surface area (Å²) in [5.74, 6) is -1.23.